The number of halogens is 3. The van der Waals surface area contributed by atoms with E-state index < -0.39 is 17.8 Å². The average molecular weight is 435 g/mol. The van der Waals surface area contributed by atoms with Crippen LogP contribution < -0.4 is 10.6 Å². The molecule has 1 aromatic heterocycles. The Bertz CT molecular complexity index is 924. The molecule has 0 aliphatic carbocycles. The third-order valence-electron chi connectivity index (χ3n) is 5.59. The van der Waals surface area contributed by atoms with Crippen molar-refractivity contribution in [1.82, 2.24) is 14.8 Å². The standard InChI is InChI=1S/C22H28F3N5O/c1-4-29-7-9-30(10-8-29)14-17-5-6-18(12-19(17)22(23,24)25)27-21(31)28-20-11-15(2)16(3)13-26-20/h5-6,11-13H,4,7-10,14H2,1-3H3,(H2,26,27,28,31). The minimum atomic E-state index is -4.51. The van der Waals surface area contributed by atoms with E-state index in [9.17, 15) is 18.0 Å². The normalized spacial score (nSPS) is 15.7. The SMILES string of the molecule is CCN1CCN(Cc2ccc(NC(=O)Nc3cc(C)c(C)cn3)cc2C(F)(F)F)CC1. The van der Waals surface area contributed by atoms with Crippen molar-refractivity contribution in [2.45, 2.75) is 33.5 Å². The van der Waals surface area contributed by atoms with Gasteiger partial charge in [-0.15, -0.1) is 0 Å². The first kappa shape index (κ1) is 23.0. The first-order valence-electron chi connectivity index (χ1n) is 10.3. The van der Waals surface area contributed by atoms with E-state index in [1.165, 1.54) is 12.1 Å². The van der Waals surface area contributed by atoms with Gasteiger partial charge in [0.25, 0.3) is 0 Å². The fraction of sp³-hybridized carbons (Fsp3) is 0.455. The monoisotopic (exact) mass is 435 g/mol. The molecule has 1 saturated heterocycles. The molecule has 1 fully saturated rings. The van der Waals surface area contributed by atoms with Gasteiger partial charge in [0.15, 0.2) is 0 Å². The second-order valence-corrected chi connectivity index (χ2v) is 7.81. The second kappa shape index (κ2) is 9.65. The summed E-state index contributed by atoms with van der Waals surface area (Å²) in [5.41, 5.74) is 1.49. The Morgan fingerprint density at radius 2 is 1.71 bits per heavy atom. The number of anilines is 2. The maximum absolute atomic E-state index is 13.7. The summed E-state index contributed by atoms with van der Waals surface area (Å²) in [5, 5.41) is 5.02. The number of hydrogen-bond acceptors (Lipinski definition) is 4. The highest BCUT2D eigenvalue weighted by atomic mass is 19.4. The van der Waals surface area contributed by atoms with Crippen LogP contribution in [0.15, 0.2) is 30.5 Å². The molecule has 1 aromatic carbocycles. The number of carbonyl (C=O) groups excluding carboxylic acids is 1. The van der Waals surface area contributed by atoms with E-state index in [1.54, 1.807) is 12.3 Å². The van der Waals surface area contributed by atoms with Gasteiger partial charge in [0, 0.05) is 44.6 Å². The number of carbonyl (C=O) groups is 1. The van der Waals surface area contributed by atoms with Gasteiger partial charge in [-0.1, -0.05) is 13.0 Å². The van der Waals surface area contributed by atoms with Crippen LogP contribution in [0.25, 0.3) is 0 Å². The lowest BCUT2D eigenvalue weighted by atomic mass is 10.0. The maximum Gasteiger partial charge on any atom is 0.416 e. The Hall–Kier alpha value is -2.65. The molecule has 168 valence electrons. The summed E-state index contributed by atoms with van der Waals surface area (Å²) in [4.78, 5) is 20.7. The minimum Gasteiger partial charge on any atom is -0.308 e. The molecule has 2 N–H and O–H groups in total. The van der Waals surface area contributed by atoms with Crippen LogP contribution >= 0.6 is 0 Å². The third-order valence-corrected chi connectivity index (χ3v) is 5.59. The lowest BCUT2D eigenvalue weighted by Gasteiger charge is -2.34. The largest absolute Gasteiger partial charge is 0.416 e. The van der Waals surface area contributed by atoms with Gasteiger partial charge in [-0.3, -0.25) is 10.2 Å². The topological polar surface area (TPSA) is 60.5 Å². The molecule has 0 saturated carbocycles. The minimum absolute atomic E-state index is 0.0770. The number of amides is 2. The van der Waals surface area contributed by atoms with E-state index in [0.29, 0.717) is 5.82 Å². The van der Waals surface area contributed by atoms with E-state index in [1.807, 2.05) is 18.7 Å². The van der Waals surface area contributed by atoms with Crippen molar-refractivity contribution in [3.63, 3.8) is 0 Å². The van der Waals surface area contributed by atoms with Gasteiger partial charge < -0.3 is 10.2 Å². The molecule has 31 heavy (non-hydrogen) atoms. The number of pyridine rings is 1. The third kappa shape index (κ3) is 6.18. The molecular weight excluding hydrogens is 407 g/mol. The highest BCUT2D eigenvalue weighted by Crippen LogP contribution is 2.34. The summed E-state index contributed by atoms with van der Waals surface area (Å²) in [7, 11) is 0. The van der Waals surface area contributed by atoms with Gasteiger partial charge in [0.05, 0.1) is 5.56 Å². The quantitative estimate of drug-likeness (QED) is 0.726. The Morgan fingerprint density at radius 1 is 1.03 bits per heavy atom. The molecule has 0 spiro atoms. The Kier molecular flexibility index (Phi) is 7.17. The number of nitrogens with one attached hydrogen (secondary N) is 2. The van der Waals surface area contributed by atoms with Crippen molar-refractivity contribution in [2.75, 3.05) is 43.4 Å². The number of likely N-dealkylation sites (N-methyl/N-ethyl adjacent to an activating group) is 1. The highest BCUT2D eigenvalue weighted by Gasteiger charge is 2.34. The molecule has 0 unspecified atom stereocenters. The van der Waals surface area contributed by atoms with Crippen molar-refractivity contribution in [3.8, 4) is 0 Å². The molecular formula is C22H28F3N5O. The average Bonchev–Trinajstić information content (AvgIpc) is 2.71. The number of alkyl halides is 3. The van der Waals surface area contributed by atoms with E-state index in [0.717, 1.165) is 49.9 Å². The number of nitrogens with zero attached hydrogens (tertiary/aromatic N) is 3. The molecule has 0 atom stereocenters. The summed E-state index contributed by atoms with van der Waals surface area (Å²) in [6.45, 7) is 10.2. The highest BCUT2D eigenvalue weighted by molar-refractivity contribution is 5.99. The van der Waals surface area contributed by atoms with Crippen molar-refractivity contribution < 1.29 is 18.0 Å². The van der Waals surface area contributed by atoms with Gasteiger partial charge in [-0.05, 0) is 55.3 Å². The number of hydrogen-bond donors (Lipinski definition) is 2. The smallest absolute Gasteiger partial charge is 0.308 e. The number of piperazine rings is 1. The van der Waals surface area contributed by atoms with Gasteiger partial charge in [0.1, 0.15) is 5.82 Å². The van der Waals surface area contributed by atoms with Crippen LogP contribution in [0.4, 0.5) is 29.5 Å². The van der Waals surface area contributed by atoms with Crippen molar-refractivity contribution >= 4 is 17.5 Å². The molecule has 0 radical (unpaired) electrons. The van der Waals surface area contributed by atoms with E-state index in [-0.39, 0.29) is 17.8 Å². The van der Waals surface area contributed by atoms with Crippen LogP contribution in [-0.2, 0) is 12.7 Å². The molecule has 2 aromatic rings. The maximum atomic E-state index is 13.7. The molecule has 1 aliphatic rings. The predicted octanol–water partition coefficient (Wildman–Crippen LogP) is 4.50. The van der Waals surface area contributed by atoms with Crippen LogP contribution in [0.5, 0.6) is 0 Å². The summed E-state index contributed by atoms with van der Waals surface area (Å²) in [5.74, 6) is 0.333. The molecule has 9 heteroatoms. The molecule has 6 nitrogen and oxygen atoms in total. The Morgan fingerprint density at radius 3 is 2.32 bits per heavy atom. The van der Waals surface area contributed by atoms with Crippen molar-refractivity contribution in [2.24, 2.45) is 0 Å². The number of aromatic nitrogens is 1. The first-order chi connectivity index (χ1) is 14.7. The van der Waals surface area contributed by atoms with Crippen molar-refractivity contribution in [1.29, 1.82) is 0 Å². The van der Waals surface area contributed by atoms with Crippen LogP contribution in [0.3, 0.4) is 0 Å². The zero-order chi connectivity index (χ0) is 22.6. The van der Waals surface area contributed by atoms with E-state index in [4.69, 9.17) is 0 Å². The molecule has 1 aliphatic heterocycles. The number of aryl methyl sites for hydroxylation is 2. The van der Waals surface area contributed by atoms with Crippen LogP contribution in [-0.4, -0.2) is 53.5 Å². The van der Waals surface area contributed by atoms with Crippen LogP contribution in [0.2, 0.25) is 0 Å². The summed E-state index contributed by atoms with van der Waals surface area (Å²) in [6, 6.07) is 4.99. The van der Waals surface area contributed by atoms with Gasteiger partial charge in [0.2, 0.25) is 0 Å². The predicted molar refractivity (Wildman–Crippen MR) is 115 cm³/mol. The molecule has 0 bridgehead atoms. The number of urea groups is 1. The van der Waals surface area contributed by atoms with Gasteiger partial charge in [-0.2, -0.15) is 13.2 Å². The summed E-state index contributed by atoms with van der Waals surface area (Å²) in [6.07, 6.45) is -2.88. The van der Waals surface area contributed by atoms with Gasteiger partial charge in [-0.25, -0.2) is 9.78 Å². The Balaban J connectivity index is 1.70. The van der Waals surface area contributed by atoms with E-state index in [2.05, 4.69) is 27.4 Å². The molecule has 3 rings (SSSR count). The fourth-order valence-corrected chi connectivity index (χ4v) is 3.53. The van der Waals surface area contributed by atoms with E-state index >= 15 is 0 Å². The summed E-state index contributed by atoms with van der Waals surface area (Å²) < 4.78 is 41.1. The van der Waals surface area contributed by atoms with Crippen molar-refractivity contribution in [3.05, 3.63) is 52.7 Å². The lowest BCUT2D eigenvalue weighted by Crippen LogP contribution is -2.45. The number of rotatable bonds is 5. The summed E-state index contributed by atoms with van der Waals surface area (Å²) >= 11 is 0. The van der Waals surface area contributed by atoms with Crippen LogP contribution in [0, 0.1) is 13.8 Å². The van der Waals surface area contributed by atoms with Gasteiger partial charge >= 0.3 is 12.2 Å². The Labute approximate surface area is 180 Å². The zero-order valence-corrected chi connectivity index (χ0v) is 18.0. The lowest BCUT2D eigenvalue weighted by molar-refractivity contribution is -0.138. The number of benzene rings is 1. The van der Waals surface area contributed by atoms with Crippen LogP contribution in [0.1, 0.15) is 29.2 Å². The first-order valence-corrected chi connectivity index (χ1v) is 10.3. The zero-order valence-electron chi connectivity index (χ0n) is 18.0. The fourth-order valence-electron chi connectivity index (χ4n) is 3.53. The molecule has 2 amide bonds. The molecule has 2 heterocycles. The second-order valence-electron chi connectivity index (χ2n) is 7.81.